The molecule has 4 heterocycles. The second-order valence-electron chi connectivity index (χ2n) is 8.41. The van der Waals surface area contributed by atoms with Gasteiger partial charge in [-0.3, -0.25) is 4.79 Å². The molecular weight excluding hydrogens is 396 g/mol. The zero-order chi connectivity index (χ0) is 20.5. The first-order valence-corrected chi connectivity index (χ1v) is 11.7. The lowest BCUT2D eigenvalue weighted by atomic mass is 9.95. The van der Waals surface area contributed by atoms with Crippen LogP contribution < -0.4 is 0 Å². The van der Waals surface area contributed by atoms with E-state index in [0.717, 1.165) is 66.4 Å². The predicted octanol–water partition coefficient (Wildman–Crippen LogP) is 5.06. The smallest absolute Gasteiger partial charge is 0.225 e. The van der Waals surface area contributed by atoms with Gasteiger partial charge in [0.15, 0.2) is 5.76 Å². The van der Waals surface area contributed by atoms with E-state index in [9.17, 15) is 4.79 Å². The number of hydrogen-bond acceptors (Lipinski definition) is 6. The predicted molar refractivity (Wildman–Crippen MR) is 116 cm³/mol. The number of carbonyl (C=O) groups excluding carboxylic acids is 1. The molecule has 0 aromatic carbocycles. The topological polar surface area (TPSA) is 72.1 Å². The van der Waals surface area contributed by atoms with Gasteiger partial charge < -0.3 is 9.42 Å². The molecule has 0 unspecified atom stereocenters. The lowest BCUT2D eigenvalue weighted by molar-refractivity contribution is -0.136. The molecule has 5 rings (SSSR count). The molecule has 2 fully saturated rings. The van der Waals surface area contributed by atoms with Crippen molar-refractivity contribution >= 4 is 17.2 Å². The molecule has 3 aromatic rings. The van der Waals surface area contributed by atoms with Crippen molar-refractivity contribution in [3.05, 3.63) is 41.3 Å². The van der Waals surface area contributed by atoms with Crippen molar-refractivity contribution in [2.45, 2.75) is 51.4 Å². The lowest BCUT2D eigenvalue weighted by Crippen LogP contribution is -2.42. The van der Waals surface area contributed by atoms with Crippen molar-refractivity contribution in [2.24, 2.45) is 5.92 Å². The van der Waals surface area contributed by atoms with Gasteiger partial charge in [0, 0.05) is 37.2 Å². The summed E-state index contributed by atoms with van der Waals surface area (Å²) in [5.41, 5.74) is 2.57. The van der Waals surface area contributed by atoms with Gasteiger partial charge in [0.2, 0.25) is 5.91 Å². The largest absolute Gasteiger partial charge is 0.356 e. The van der Waals surface area contributed by atoms with Crippen molar-refractivity contribution in [3.63, 3.8) is 0 Å². The van der Waals surface area contributed by atoms with Gasteiger partial charge in [-0.1, -0.05) is 24.1 Å². The maximum absolute atomic E-state index is 12.9. The molecule has 1 aliphatic heterocycles. The van der Waals surface area contributed by atoms with Crippen LogP contribution in [0.15, 0.2) is 34.3 Å². The summed E-state index contributed by atoms with van der Waals surface area (Å²) in [5, 5.41) is 6.07. The van der Waals surface area contributed by atoms with Crippen LogP contribution in [0.1, 0.15) is 56.0 Å². The van der Waals surface area contributed by atoms with E-state index in [1.54, 1.807) is 11.3 Å². The van der Waals surface area contributed by atoms with E-state index < -0.39 is 0 Å². The maximum Gasteiger partial charge on any atom is 0.225 e. The van der Waals surface area contributed by atoms with Crippen molar-refractivity contribution in [2.75, 3.05) is 13.1 Å². The molecule has 7 heteroatoms. The van der Waals surface area contributed by atoms with Crippen LogP contribution in [-0.2, 0) is 4.79 Å². The Morgan fingerprint density at radius 2 is 2.10 bits per heavy atom. The summed E-state index contributed by atoms with van der Waals surface area (Å²) < 4.78 is 5.50. The highest BCUT2D eigenvalue weighted by Crippen LogP contribution is 2.36. The van der Waals surface area contributed by atoms with Crippen LogP contribution in [0.3, 0.4) is 0 Å². The fourth-order valence-corrected chi connectivity index (χ4v) is 5.41. The SMILES string of the molecule is Cc1cc(-c2cnc([C@H]3CCCN(C(=O)C4CCCC4)C3)nc2-c2cccs2)on1. The van der Waals surface area contributed by atoms with Gasteiger partial charge in [0.1, 0.15) is 5.82 Å². The highest BCUT2D eigenvalue weighted by molar-refractivity contribution is 7.13. The first-order chi connectivity index (χ1) is 14.7. The normalized spacial score (nSPS) is 20.0. The van der Waals surface area contributed by atoms with Gasteiger partial charge in [0.25, 0.3) is 0 Å². The van der Waals surface area contributed by atoms with Crippen molar-refractivity contribution in [1.82, 2.24) is 20.0 Å². The number of likely N-dealkylation sites (tertiary alicyclic amines) is 1. The highest BCUT2D eigenvalue weighted by atomic mass is 32.1. The fraction of sp³-hybridized carbons (Fsp3) is 0.478. The molecular formula is C23H26N4O2S. The van der Waals surface area contributed by atoms with E-state index >= 15 is 0 Å². The van der Waals surface area contributed by atoms with Gasteiger partial charge in [-0.05, 0) is 44.1 Å². The van der Waals surface area contributed by atoms with E-state index in [1.807, 2.05) is 25.3 Å². The molecule has 1 saturated heterocycles. The van der Waals surface area contributed by atoms with Crippen LogP contribution in [0, 0.1) is 12.8 Å². The van der Waals surface area contributed by atoms with Crippen LogP contribution >= 0.6 is 11.3 Å². The average molecular weight is 423 g/mol. The van der Waals surface area contributed by atoms with Crippen LogP contribution in [0.2, 0.25) is 0 Å². The van der Waals surface area contributed by atoms with Gasteiger partial charge in [-0.15, -0.1) is 11.3 Å². The van der Waals surface area contributed by atoms with Crippen LogP contribution in [0.4, 0.5) is 0 Å². The third-order valence-electron chi connectivity index (χ3n) is 6.26. The van der Waals surface area contributed by atoms with Crippen molar-refractivity contribution in [3.8, 4) is 21.9 Å². The van der Waals surface area contributed by atoms with E-state index in [0.29, 0.717) is 11.7 Å². The summed E-state index contributed by atoms with van der Waals surface area (Å²) in [5.74, 6) is 2.24. The number of rotatable bonds is 4. The second-order valence-corrected chi connectivity index (χ2v) is 9.35. The van der Waals surface area contributed by atoms with Crippen molar-refractivity contribution < 1.29 is 9.32 Å². The summed E-state index contributed by atoms with van der Waals surface area (Å²) in [4.78, 5) is 25.8. The molecule has 1 amide bonds. The third kappa shape index (κ3) is 3.78. The summed E-state index contributed by atoms with van der Waals surface area (Å²) in [6.07, 6.45) is 8.33. The van der Waals surface area contributed by atoms with E-state index in [2.05, 4.69) is 21.5 Å². The van der Waals surface area contributed by atoms with Crippen LogP contribution in [0.25, 0.3) is 21.9 Å². The molecule has 0 bridgehead atoms. The summed E-state index contributed by atoms with van der Waals surface area (Å²) in [6, 6.07) is 6.01. The quantitative estimate of drug-likeness (QED) is 0.587. The van der Waals surface area contributed by atoms with Crippen LogP contribution in [0.5, 0.6) is 0 Å². The fourth-order valence-electron chi connectivity index (χ4n) is 4.68. The van der Waals surface area contributed by atoms with E-state index in [4.69, 9.17) is 14.5 Å². The van der Waals surface area contributed by atoms with Gasteiger partial charge in [0.05, 0.1) is 21.8 Å². The van der Waals surface area contributed by atoms with Gasteiger partial charge in [-0.2, -0.15) is 0 Å². The molecule has 1 saturated carbocycles. The molecule has 3 aromatic heterocycles. The first-order valence-electron chi connectivity index (χ1n) is 10.8. The van der Waals surface area contributed by atoms with Crippen molar-refractivity contribution in [1.29, 1.82) is 0 Å². The van der Waals surface area contributed by atoms with E-state index in [1.165, 1.54) is 12.8 Å². The zero-order valence-corrected chi connectivity index (χ0v) is 18.0. The minimum Gasteiger partial charge on any atom is -0.356 e. The highest BCUT2D eigenvalue weighted by Gasteiger charge is 2.32. The molecule has 30 heavy (non-hydrogen) atoms. The Balaban J connectivity index is 1.44. The average Bonchev–Trinajstić information content (AvgIpc) is 3.55. The number of amides is 1. The first kappa shape index (κ1) is 19.4. The molecule has 0 N–H and O–H groups in total. The Morgan fingerprint density at radius 1 is 1.23 bits per heavy atom. The Kier molecular flexibility index (Phi) is 5.37. The number of aromatic nitrogens is 3. The monoisotopic (exact) mass is 422 g/mol. The van der Waals surface area contributed by atoms with Gasteiger partial charge in [-0.25, -0.2) is 9.97 Å². The molecule has 0 radical (unpaired) electrons. The Morgan fingerprint density at radius 3 is 2.83 bits per heavy atom. The minimum atomic E-state index is 0.174. The third-order valence-corrected chi connectivity index (χ3v) is 7.13. The standard InChI is InChI=1S/C23H26N4O2S/c1-15-12-19(29-26-15)18-13-24-22(25-21(18)20-9-5-11-30-20)17-8-4-10-27(14-17)23(28)16-6-2-3-7-16/h5,9,11-13,16-17H,2-4,6-8,10,14H2,1H3/t17-/m0/s1. The number of carbonyl (C=O) groups is 1. The Hall–Kier alpha value is -2.54. The van der Waals surface area contributed by atoms with E-state index in [-0.39, 0.29) is 11.8 Å². The summed E-state index contributed by atoms with van der Waals surface area (Å²) >= 11 is 1.65. The molecule has 6 nitrogen and oxygen atoms in total. The minimum absolute atomic E-state index is 0.174. The number of aryl methyl sites for hydroxylation is 1. The number of nitrogens with zero attached hydrogens (tertiary/aromatic N) is 4. The number of thiophene rings is 1. The van der Waals surface area contributed by atoms with Crippen LogP contribution in [-0.4, -0.2) is 39.0 Å². The maximum atomic E-state index is 12.9. The lowest BCUT2D eigenvalue weighted by Gasteiger charge is -2.33. The number of hydrogen-bond donors (Lipinski definition) is 0. The Bertz CT molecular complexity index is 1020. The Labute approximate surface area is 180 Å². The molecule has 1 atom stereocenters. The molecule has 0 spiro atoms. The summed E-state index contributed by atoms with van der Waals surface area (Å²) in [6.45, 7) is 3.49. The molecule has 156 valence electrons. The summed E-state index contributed by atoms with van der Waals surface area (Å²) in [7, 11) is 0. The molecule has 1 aliphatic carbocycles. The second kappa shape index (κ2) is 8.30. The number of piperidine rings is 1. The zero-order valence-electron chi connectivity index (χ0n) is 17.2. The molecule has 2 aliphatic rings. The van der Waals surface area contributed by atoms with Gasteiger partial charge >= 0.3 is 0 Å².